The second-order valence-electron chi connectivity index (χ2n) is 7.30. The molecule has 1 amide bonds. The Morgan fingerprint density at radius 3 is 2.58 bits per heavy atom. The molecule has 0 aromatic heterocycles. The highest BCUT2D eigenvalue weighted by atomic mass is 16.3. The zero-order valence-electron chi connectivity index (χ0n) is 15.4. The van der Waals surface area contributed by atoms with E-state index in [1.807, 2.05) is 30.3 Å². The molecular weight excluding hydrogens is 324 g/mol. The number of piperidine rings is 1. The summed E-state index contributed by atoms with van der Waals surface area (Å²) in [6.07, 6.45) is 1.29. The van der Waals surface area contributed by atoms with Crippen molar-refractivity contribution in [3.05, 3.63) is 71.3 Å². The normalized spacial score (nSPS) is 20.7. The Balaban J connectivity index is 1.47. The predicted molar refractivity (Wildman–Crippen MR) is 104 cm³/mol. The van der Waals surface area contributed by atoms with Gasteiger partial charge in [-0.25, -0.2) is 0 Å². The summed E-state index contributed by atoms with van der Waals surface area (Å²) in [5.74, 6) is 0.219. The number of carbonyl (C=O) groups excluding carboxylic acids is 1. The lowest BCUT2D eigenvalue weighted by Gasteiger charge is -2.36. The fraction of sp³-hybridized carbons (Fsp3) is 0.409. The molecule has 0 saturated carbocycles. The SMILES string of the molecule is Cc1ccc(CNC(=O)CN2CC[C@H](O)[C@H](Cc3ccccc3)C2)cc1. The fourth-order valence-electron chi connectivity index (χ4n) is 3.52. The highest BCUT2D eigenvalue weighted by molar-refractivity contribution is 5.78. The third-order valence-corrected chi connectivity index (χ3v) is 5.10. The summed E-state index contributed by atoms with van der Waals surface area (Å²) in [5, 5.41) is 13.3. The van der Waals surface area contributed by atoms with E-state index < -0.39 is 0 Å². The number of hydrogen-bond donors (Lipinski definition) is 2. The first kappa shape index (κ1) is 18.6. The van der Waals surface area contributed by atoms with E-state index in [1.54, 1.807) is 0 Å². The molecule has 0 unspecified atom stereocenters. The molecule has 1 saturated heterocycles. The Morgan fingerprint density at radius 2 is 1.85 bits per heavy atom. The van der Waals surface area contributed by atoms with Crippen LogP contribution < -0.4 is 5.32 Å². The Bertz CT molecular complexity index is 700. The zero-order chi connectivity index (χ0) is 18.4. The Labute approximate surface area is 155 Å². The van der Waals surface area contributed by atoms with Crippen molar-refractivity contribution in [2.45, 2.75) is 32.4 Å². The lowest BCUT2D eigenvalue weighted by Crippen LogP contribution is -2.47. The van der Waals surface area contributed by atoms with E-state index in [-0.39, 0.29) is 17.9 Å². The van der Waals surface area contributed by atoms with Gasteiger partial charge in [0.25, 0.3) is 0 Å². The van der Waals surface area contributed by atoms with Crippen LogP contribution in [0.2, 0.25) is 0 Å². The van der Waals surface area contributed by atoms with Crippen molar-refractivity contribution in [2.24, 2.45) is 5.92 Å². The zero-order valence-corrected chi connectivity index (χ0v) is 15.4. The molecule has 4 heteroatoms. The molecule has 1 aliphatic rings. The molecule has 4 nitrogen and oxygen atoms in total. The van der Waals surface area contributed by atoms with Gasteiger partial charge in [-0.2, -0.15) is 0 Å². The van der Waals surface area contributed by atoms with Crippen molar-refractivity contribution < 1.29 is 9.90 Å². The molecule has 1 heterocycles. The summed E-state index contributed by atoms with van der Waals surface area (Å²) in [7, 11) is 0. The van der Waals surface area contributed by atoms with E-state index in [4.69, 9.17) is 0 Å². The summed E-state index contributed by atoms with van der Waals surface area (Å²) in [5.41, 5.74) is 3.57. The molecule has 2 aromatic rings. The Kier molecular flexibility index (Phi) is 6.42. The second kappa shape index (κ2) is 8.97. The van der Waals surface area contributed by atoms with Gasteiger partial charge in [0, 0.05) is 25.6 Å². The maximum absolute atomic E-state index is 12.3. The quantitative estimate of drug-likeness (QED) is 0.840. The number of rotatable bonds is 6. The van der Waals surface area contributed by atoms with E-state index in [2.05, 4.69) is 41.4 Å². The van der Waals surface area contributed by atoms with Gasteiger partial charge in [0.1, 0.15) is 0 Å². The van der Waals surface area contributed by atoms with Crippen molar-refractivity contribution in [1.82, 2.24) is 10.2 Å². The van der Waals surface area contributed by atoms with Crippen LogP contribution in [0.5, 0.6) is 0 Å². The summed E-state index contributed by atoms with van der Waals surface area (Å²) in [6.45, 7) is 4.53. The van der Waals surface area contributed by atoms with Crippen LogP contribution in [-0.2, 0) is 17.8 Å². The van der Waals surface area contributed by atoms with Crippen molar-refractivity contribution in [1.29, 1.82) is 0 Å². The van der Waals surface area contributed by atoms with Crippen molar-refractivity contribution in [3.63, 3.8) is 0 Å². The van der Waals surface area contributed by atoms with Gasteiger partial charge >= 0.3 is 0 Å². The summed E-state index contributed by atoms with van der Waals surface area (Å²) in [6, 6.07) is 18.5. The van der Waals surface area contributed by atoms with Crippen LogP contribution in [0, 0.1) is 12.8 Å². The number of nitrogens with zero attached hydrogens (tertiary/aromatic N) is 1. The molecular formula is C22H28N2O2. The Hall–Kier alpha value is -2.17. The topological polar surface area (TPSA) is 52.6 Å². The summed E-state index contributed by atoms with van der Waals surface area (Å²) < 4.78 is 0. The average molecular weight is 352 g/mol. The van der Waals surface area contributed by atoms with Crippen molar-refractivity contribution in [2.75, 3.05) is 19.6 Å². The van der Waals surface area contributed by atoms with Gasteiger partial charge in [-0.1, -0.05) is 60.2 Å². The van der Waals surface area contributed by atoms with Crippen LogP contribution in [0.1, 0.15) is 23.1 Å². The van der Waals surface area contributed by atoms with Gasteiger partial charge in [0.15, 0.2) is 0 Å². The summed E-state index contributed by atoms with van der Waals surface area (Å²) in [4.78, 5) is 14.4. The number of carbonyl (C=O) groups is 1. The fourth-order valence-corrected chi connectivity index (χ4v) is 3.52. The first-order chi connectivity index (χ1) is 12.6. The Morgan fingerprint density at radius 1 is 1.12 bits per heavy atom. The van der Waals surface area contributed by atoms with Crippen LogP contribution in [0.3, 0.4) is 0 Å². The molecule has 1 fully saturated rings. The number of nitrogens with one attached hydrogen (secondary N) is 1. The van der Waals surface area contributed by atoms with Gasteiger partial charge in [0.05, 0.1) is 12.6 Å². The minimum absolute atomic E-state index is 0.0421. The highest BCUT2D eigenvalue weighted by Crippen LogP contribution is 2.21. The average Bonchev–Trinajstić information content (AvgIpc) is 2.65. The van der Waals surface area contributed by atoms with Crippen LogP contribution >= 0.6 is 0 Å². The molecule has 2 N–H and O–H groups in total. The summed E-state index contributed by atoms with van der Waals surface area (Å²) >= 11 is 0. The lowest BCUT2D eigenvalue weighted by molar-refractivity contribution is -0.123. The number of aliphatic hydroxyl groups excluding tert-OH is 1. The molecule has 0 bridgehead atoms. The largest absolute Gasteiger partial charge is 0.393 e. The number of amides is 1. The molecule has 138 valence electrons. The molecule has 2 atom stereocenters. The second-order valence-corrected chi connectivity index (χ2v) is 7.30. The molecule has 26 heavy (non-hydrogen) atoms. The van der Waals surface area contributed by atoms with Gasteiger partial charge in [0.2, 0.25) is 5.91 Å². The number of aliphatic hydroxyl groups is 1. The van der Waals surface area contributed by atoms with E-state index in [0.29, 0.717) is 13.1 Å². The minimum Gasteiger partial charge on any atom is -0.393 e. The van der Waals surface area contributed by atoms with E-state index in [0.717, 1.165) is 31.5 Å². The van der Waals surface area contributed by atoms with Crippen LogP contribution in [0.25, 0.3) is 0 Å². The maximum Gasteiger partial charge on any atom is 0.234 e. The molecule has 3 rings (SSSR count). The third-order valence-electron chi connectivity index (χ3n) is 5.10. The van der Waals surface area contributed by atoms with E-state index in [9.17, 15) is 9.90 Å². The number of aryl methyl sites for hydroxylation is 1. The first-order valence-electron chi connectivity index (χ1n) is 9.37. The third kappa shape index (κ3) is 5.41. The molecule has 0 radical (unpaired) electrons. The van der Waals surface area contributed by atoms with Crippen LogP contribution in [-0.4, -0.2) is 41.7 Å². The molecule has 0 aliphatic carbocycles. The van der Waals surface area contributed by atoms with Gasteiger partial charge in [-0.15, -0.1) is 0 Å². The first-order valence-corrected chi connectivity index (χ1v) is 9.37. The molecule has 0 spiro atoms. The van der Waals surface area contributed by atoms with Gasteiger partial charge < -0.3 is 10.4 Å². The minimum atomic E-state index is -0.290. The lowest BCUT2D eigenvalue weighted by atomic mass is 9.89. The maximum atomic E-state index is 12.3. The standard InChI is InChI=1S/C22H28N2O2/c1-17-7-9-19(10-8-17)14-23-22(26)16-24-12-11-21(25)20(15-24)13-18-5-3-2-4-6-18/h2-10,20-21,25H,11-16H2,1H3,(H,23,26)/t20-,21+/m1/s1. The monoisotopic (exact) mass is 352 g/mol. The number of benzene rings is 2. The predicted octanol–water partition coefficient (Wildman–Crippen LogP) is 2.54. The number of hydrogen-bond acceptors (Lipinski definition) is 3. The highest BCUT2D eigenvalue weighted by Gasteiger charge is 2.28. The van der Waals surface area contributed by atoms with Crippen LogP contribution in [0.15, 0.2) is 54.6 Å². The van der Waals surface area contributed by atoms with Crippen LogP contribution in [0.4, 0.5) is 0 Å². The van der Waals surface area contributed by atoms with E-state index in [1.165, 1.54) is 11.1 Å². The molecule has 2 aromatic carbocycles. The number of likely N-dealkylation sites (tertiary alicyclic amines) is 1. The molecule has 1 aliphatic heterocycles. The smallest absolute Gasteiger partial charge is 0.234 e. The van der Waals surface area contributed by atoms with E-state index >= 15 is 0 Å². The van der Waals surface area contributed by atoms with Crippen molar-refractivity contribution in [3.8, 4) is 0 Å². The van der Waals surface area contributed by atoms with Gasteiger partial charge in [-0.3, -0.25) is 9.69 Å². The van der Waals surface area contributed by atoms with Gasteiger partial charge in [-0.05, 0) is 30.9 Å². The van der Waals surface area contributed by atoms with Crippen molar-refractivity contribution >= 4 is 5.91 Å².